The topological polar surface area (TPSA) is 91.5 Å². The molecule has 180 valence electrons. The van der Waals surface area contributed by atoms with Gasteiger partial charge in [-0.15, -0.1) is 35.0 Å². The number of fused-ring (bicyclic) bond motifs is 1. The normalized spacial score (nSPS) is 17.8. The first-order chi connectivity index (χ1) is 15.4. The number of piperazine rings is 1. The van der Waals surface area contributed by atoms with Crippen LogP contribution in [0.15, 0.2) is 42.9 Å². The van der Waals surface area contributed by atoms with E-state index in [9.17, 15) is 9.50 Å². The molecular weight excluding hydrogens is 480 g/mol. The molecule has 1 saturated heterocycles. The van der Waals surface area contributed by atoms with Gasteiger partial charge in [-0.05, 0) is 44.5 Å². The minimum absolute atomic E-state index is 0. The first-order valence-corrected chi connectivity index (χ1v) is 10.6. The summed E-state index contributed by atoms with van der Waals surface area (Å²) in [6, 6.07) is 7.25. The molecule has 4 aromatic rings. The first-order valence-electron chi connectivity index (χ1n) is 10.6. The maximum Gasteiger partial charge on any atom is 0.245 e. The molecule has 0 amide bonds. The van der Waals surface area contributed by atoms with Gasteiger partial charge in [-0.25, -0.2) is 14.4 Å². The van der Waals surface area contributed by atoms with Gasteiger partial charge in [-0.2, -0.15) is 0 Å². The average molecular weight is 506 g/mol. The van der Waals surface area contributed by atoms with E-state index in [1.54, 1.807) is 35.1 Å². The maximum absolute atomic E-state index is 14.4. The van der Waals surface area contributed by atoms with Gasteiger partial charge in [0.25, 0.3) is 0 Å². The standard InChI is InChI=1S/C23H24FN7O.2ClH/c1-13-10-31(11-14(2)26-13)23-25-8-20(28-29-23)18-5-4-16(7-21(18)32)17-6-19(24)22-27-15(3)9-30(22)12-17;;/h4-9,12-14,26,32H,10-11H2,1-3H3;2*1H/t13-,14+;;. The monoisotopic (exact) mass is 505 g/mol. The van der Waals surface area contributed by atoms with Crippen molar-refractivity contribution in [2.45, 2.75) is 32.9 Å². The van der Waals surface area contributed by atoms with Crippen LogP contribution in [0.4, 0.5) is 10.3 Å². The van der Waals surface area contributed by atoms with E-state index in [1.807, 2.05) is 13.0 Å². The number of imidazole rings is 1. The number of halogens is 3. The summed E-state index contributed by atoms with van der Waals surface area (Å²) in [6.07, 6.45) is 5.17. The zero-order valence-corrected chi connectivity index (χ0v) is 20.6. The number of anilines is 1. The van der Waals surface area contributed by atoms with Crippen LogP contribution in [0, 0.1) is 12.7 Å². The van der Waals surface area contributed by atoms with E-state index in [0.717, 1.165) is 18.8 Å². The van der Waals surface area contributed by atoms with Crippen LogP contribution >= 0.6 is 24.8 Å². The number of aryl methyl sites for hydroxylation is 1. The van der Waals surface area contributed by atoms with Gasteiger partial charge in [0.1, 0.15) is 11.4 Å². The van der Waals surface area contributed by atoms with Crippen molar-refractivity contribution in [1.29, 1.82) is 0 Å². The molecule has 1 fully saturated rings. The maximum atomic E-state index is 14.4. The van der Waals surface area contributed by atoms with Crippen LogP contribution in [0.5, 0.6) is 5.75 Å². The van der Waals surface area contributed by atoms with Crippen molar-refractivity contribution in [1.82, 2.24) is 29.9 Å². The van der Waals surface area contributed by atoms with Gasteiger partial charge in [-0.3, -0.25) is 0 Å². The summed E-state index contributed by atoms with van der Waals surface area (Å²) in [4.78, 5) is 10.8. The number of phenols is 1. The van der Waals surface area contributed by atoms with E-state index in [4.69, 9.17) is 0 Å². The molecule has 0 saturated carbocycles. The fourth-order valence-corrected chi connectivity index (χ4v) is 4.29. The molecule has 34 heavy (non-hydrogen) atoms. The second-order valence-corrected chi connectivity index (χ2v) is 8.44. The highest BCUT2D eigenvalue weighted by Gasteiger charge is 2.23. The predicted octanol–water partition coefficient (Wildman–Crippen LogP) is 4.04. The van der Waals surface area contributed by atoms with Crippen LogP contribution < -0.4 is 10.2 Å². The number of pyridine rings is 1. The molecule has 0 bridgehead atoms. The Kier molecular flexibility index (Phi) is 7.60. The molecule has 2 N–H and O–H groups in total. The number of nitrogens with one attached hydrogen (secondary N) is 1. The third-order valence-corrected chi connectivity index (χ3v) is 5.62. The molecule has 0 unspecified atom stereocenters. The van der Waals surface area contributed by atoms with Crippen LogP contribution in [0.2, 0.25) is 0 Å². The van der Waals surface area contributed by atoms with Gasteiger partial charge in [0, 0.05) is 48.7 Å². The van der Waals surface area contributed by atoms with Crippen LogP contribution in [-0.4, -0.2) is 54.8 Å². The lowest BCUT2D eigenvalue weighted by Crippen LogP contribution is -2.54. The van der Waals surface area contributed by atoms with Crippen LogP contribution in [0.1, 0.15) is 19.5 Å². The fraction of sp³-hybridized carbons (Fsp3) is 0.304. The Morgan fingerprint density at radius 1 is 1.03 bits per heavy atom. The largest absolute Gasteiger partial charge is 0.507 e. The van der Waals surface area contributed by atoms with Gasteiger partial charge in [0.15, 0.2) is 11.5 Å². The third kappa shape index (κ3) is 4.91. The lowest BCUT2D eigenvalue weighted by molar-refractivity contribution is 0.402. The van der Waals surface area contributed by atoms with Gasteiger partial charge in [-0.1, -0.05) is 6.07 Å². The predicted molar refractivity (Wildman–Crippen MR) is 135 cm³/mol. The minimum atomic E-state index is -0.415. The van der Waals surface area contributed by atoms with E-state index < -0.39 is 5.82 Å². The Hall–Kier alpha value is -3.01. The van der Waals surface area contributed by atoms with Crippen LogP contribution in [-0.2, 0) is 0 Å². The molecule has 11 heteroatoms. The van der Waals surface area contributed by atoms with Gasteiger partial charge >= 0.3 is 0 Å². The number of aromatic hydroxyl groups is 1. The Morgan fingerprint density at radius 3 is 2.41 bits per heavy atom. The van der Waals surface area contributed by atoms with Crippen molar-refractivity contribution in [2.75, 3.05) is 18.0 Å². The number of benzene rings is 1. The quantitative estimate of drug-likeness (QED) is 0.434. The van der Waals surface area contributed by atoms with Crippen molar-refractivity contribution < 1.29 is 9.50 Å². The minimum Gasteiger partial charge on any atom is -0.507 e. The summed E-state index contributed by atoms with van der Waals surface area (Å²) in [7, 11) is 0. The Balaban J connectivity index is 0.00000162. The summed E-state index contributed by atoms with van der Waals surface area (Å²) in [5.41, 5.74) is 3.32. The molecule has 0 aliphatic carbocycles. The molecular formula is C23H26Cl2FN7O. The number of aromatic nitrogens is 5. The number of hydrogen-bond donors (Lipinski definition) is 2. The Labute approximate surface area is 209 Å². The Morgan fingerprint density at radius 2 is 1.76 bits per heavy atom. The lowest BCUT2D eigenvalue weighted by atomic mass is 10.0. The molecule has 4 heterocycles. The molecule has 0 radical (unpaired) electrons. The molecule has 1 aliphatic rings. The van der Waals surface area contributed by atoms with Gasteiger partial charge in [0.05, 0.1) is 11.9 Å². The highest BCUT2D eigenvalue weighted by atomic mass is 35.5. The van der Waals surface area contributed by atoms with Crippen molar-refractivity contribution in [3.63, 3.8) is 0 Å². The third-order valence-electron chi connectivity index (χ3n) is 5.62. The van der Waals surface area contributed by atoms with E-state index in [2.05, 4.69) is 44.2 Å². The summed E-state index contributed by atoms with van der Waals surface area (Å²) in [5, 5.41) is 22.7. The van der Waals surface area contributed by atoms with Crippen LogP contribution in [0.3, 0.4) is 0 Å². The van der Waals surface area contributed by atoms with Crippen molar-refractivity contribution >= 4 is 36.4 Å². The summed E-state index contributed by atoms with van der Waals surface area (Å²) < 4.78 is 16.1. The fourth-order valence-electron chi connectivity index (χ4n) is 4.29. The molecule has 8 nitrogen and oxygen atoms in total. The first kappa shape index (κ1) is 25.6. The second kappa shape index (κ2) is 10.1. The van der Waals surface area contributed by atoms with Crippen molar-refractivity contribution in [3.05, 3.63) is 54.4 Å². The number of nitrogens with zero attached hydrogens (tertiary/aromatic N) is 6. The molecule has 2 atom stereocenters. The molecule has 5 rings (SSSR count). The highest BCUT2D eigenvalue weighted by Crippen LogP contribution is 2.33. The summed E-state index contributed by atoms with van der Waals surface area (Å²) in [5.74, 6) is 0.184. The second-order valence-electron chi connectivity index (χ2n) is 8.44. The average Bonchev–Trinajstić information content (AvgIpc) is 3.14. The summed E-state index contributed by atoms with van der Waals surface area (Å²) >= 11 is 0. The molecule has 0 spiro atoms. The van der Waals surface area contributed by atoms with E-state index in [-0.39, 0.29) is 36.2 Å². The lowest BCUT2D eigenvalue weighted by Gasteiger charge is -2.35. The van der Waals surface area contributed by atoms with E-state index >= 15 is 0 Å². The van der Waals surface area contributed by atoms with E-state index in [1.165, 1.54) is 6.07 Å². The Bertz CT molecular complexity index is 1290. The number of phenolic OH excluding ortho intramolecular Hbond substituents is 1. The van der Waals surface area contributed by atoms with Crippen molar-refractivity contribution in [2.24, 2.45) is 0 Å². The molecule has 3 aromatic heterocycles. The van der Waals surface area contributed by atoms with Crippen molar-refractivity contribution in [3.8, 4) is 28.1 Å². The zero-order valence-electron chi connectivity index (χ0n) is 18.9. The van der Waals surface area contributed by atoms with Gasteiger partial charge in [0.2, 0.25) is 5.95 Å². The summed E-state index contributed by atoms with van der Waals surface area (Å²) in [6.45, 7) is 7.69. The molecule has 1 aromatic carbocycles. The van der Waals surface area contributed by atoms with Crippen LogP contribution in [0.25, 0.3) is 28.0 Å². The SMILES string of the molecule is Cc1cn2cc(-c3ccc(-c4cnc(N5C[C@@H](C)N[C@@H](C)C5)nn4)c(O)c3)cc(F)c2n1.Cl.Cl. The highest BCUT2D eigenvalue weighted by molar-refractivity contribution is 5.85. The zero-order chi connectivity index (χ0) is 22.4. The number of rotatable bonds is 3. The van der Waals surface area contributed by atoms with E-state index in [0.29, 0.717) is 40.4 Å². The van der Waals surface area contributed by atoms with Gasteiger partial charge < -0.3 is 19.7 Å². The smallest absolute Gasteiger partial charge is 0.245 e. The number of hydrogen-bond acceptors (Lipinski definition) is 7. The molecule has 1 aliphatic heterocycles.